The Morgan fingerprint density at radius 1 is 0.464 bits per heavy atom. The van der Waals surface area contributed by atoms with E-state index >= 15 is 0 Å². The van der Waals surface area contributed by atoms with Crippen LogP contribution < -0.4 is 20.7 Å². The third kappa shape index (κ3) is 3.58. The predicted molar refractivity (Wildman–Crippen MR) is 130 cm³/mol. The van der Waals surface area contributed by atoms with E-state index in [-0.39, 0.29) is 0 Å². The van der Waals surface area contributed by atoms with Crippen molar-refractivity contribution in [2.24, 2.45) is 0 Å². The Bertz CT molecular complexity index is 1020. The number of rotatable bonds is 4. The molecule has 0 nitrogen and oxygen atoms in total. The van der Waals surface area contributed by atoms with Crippen LogP contribution in [0, 0.1) is 0 Å². The quantitative estimate of drug-likeness (QED) is 0.321. The van der Waals surface area contributed by atoms with E-state index in [9.17, 15) is 0 Å². The average molecular weight is 438 g/mol. The zero-order valence-electron chi connectivity index (χ0n) is 16.0. The van der Waals surface area contributed by atoms with Crippen molar-refractivity contribution in [3.8, 4) is 0 Å². The average Bonchev–Trinajstić information content (AvgIpc) is 2.74. The molecule has 0 N–H and O–H groups in total. The maximum atomic E-state index is 7.13. The van der Waals surface area contributed by atoms with Gasteiger partial charge in [0.05, 0.1) is 0 Å². The summed E-state index contributed by atoms with van der Waals surface area (Å²) in [5, 5.41) is 7.34. The maximum Gasteiger partial charge on any atom is 0.214 e. The number of halogens is 2. The molecule has 2 unspecified atom stereocenters. The van der Waals surface area contributed by atoms with E-state index in [2.05, 4.69) is 98.0 Å². The minimum atomic E-state index is -2.25. The van der Waals surface area contributed by atoms with Gasteiger partial charge in [0.15, 0.2) is 0 Å². The molecule has 0 aliphatic heterocycles. The van der Waals surface area contributed by atoms with Crippen LogP contribution in [0.1, 0.15) is 0 Å². The van der Waals surface area contributed by atoms with Gasteiger partial charge in [0.1, 0.15) is 0 Å². The summed E-state index contributed by atoms with van der Waals surface area (Å²) in [7, 11) is -4.50. The van der Waals surface area contributed by atoms with Crippen molar-refractivity contribution < 1.29 is 0 Å². The molecule has 0 aliphatic carbocycles. The number of fused-ring (bicyclic) bond motifs is 1. The van der Waals surface area contributed by atoms with Crippen LogP contribution in [0.2, 0.25) is 13.1 Å². The van der Waals surface area contributed by atoms with Gasteiger partial charge in [-0.05, 0) is 44.6 Å². The molecule has 140 valence electrons. The van der Waals surface area contributed by atoms with Gasteiger partial charge in [-0.15, -0.1) is 0 Å². The molecule has 0 heterocycles. The second kappa shape index (κ2) is 7.53. The Hall–Kier alpha value is -1.85. The highest BCUT2D eigenvalue weighted by Crippen LogP contribution is 2.19. The molecule has 2 atom stereocenters. The molecule has 4 rings (SSSR count). The highest BCUT2D eigenvalue weighted by atomic mass is 35.6. The Morgan fingerprint density at radius 3 is 1.25 bits per heavy atom. The van der Waals surface area contributed by atoms with Crippen LogP contribution in [0.15, 0.2) is 97.1 Å². The monoisotopic (exact) mass is 436 g/mol. The van der Waals surface area contributed by atoms with Crippen molar-refractivity contribution in [1.29, 1.82) is 0 Å². The molecule has 0 radical (unpaired) electrons. The summed E-state index contributed by atoms with van der Waals surface area (Å²) >= 11 is 14.3. The van der Waals surface area contributed by atoms with E-state index in [1.54, 1.807) is 0 Å². The van der Waals surface area contributed by atoms with E-state index in [0.29, 0.717) is 0 Å². The second-order valence-corrected chi connectivity index (χ2v) is 18.4. The van der Waals surface area contributed by atoms with Crippen LogP contribution in [0.5, 0.6) is 0 Å². The van der Waals surface area contributed by atoms with Crippen molar-refractivity contribution in [2.45, 2.75) is 13.1 Å². The van der Waals surface area contributed by atoms with E-state index in [4.69, 9.17) is 22.2 Å². The molecule has 0 bridgehead atoms. The normalized spacial score (nSPS) is 15.7. The van der Waals surface area contributed by atoms with Crippen molar-refractivity contribution in [2.75, 3.05) is 0 Å². The Kier molecular flexibility index (Phi) is 5.23. The molecular weight excluding hydrogens is 415 g/mol. The van der Waals surface area contributed by atoms with Gasteiger partial charge in [-0.2, -0.15) is 22.2 Å². The summed E-state index contributed by atoms with van der Waals surface area (Å²) in [6.45, 7) is 4.39. The van der Waals surface area contributed by atoms with Gasteiger partial charge in [-0.1, -0.05) is 97.1 Å². The van der Waals surface area contributed by atoms with Crippen molar-refractivity contribution in [3.05, 3.63) is 97.1 Å². The summed E-state index contributed by atoms with van der Waals surface area (Å²) in [5.41, 5.74) is 0. The van der Waals surface area contributed by atoms with Gasteiger partial charge in [0.25, 0.3) is 0 Å². The molecule has 0 amide bonds. The maximum absolute atomic E-state index is 7.13. The molecule has 4 heteroatoms. The largest absolute Gasteiger partial charge is 0.214 e. The summed E-state index contributed by atoms with van der Waals surface area (Å²) in [4.78, 5) is 0. The minimum absolute atomic E-state index is 1.21. The lowest BCUT2D eigenvalue weighted by molar-refractivity contribution is 1.72. The lowest BCUT2D eigenvalue weighted by Gasteiger charge is -2.23. The minimum Gasteiger partial charge on any atom is -0.155 e. The van der Waals surface area contributed by atoms with E-state index < -0.39 is 14.8 Å². The zero-order chi connectivity index (χ0) is 19.8. The predicted octanol–water partition coefficient (Wildman–Crippen LogP) is 4.70. The topological polar surface area (TPSA) is 0 Å². The Balaban J connectivity index is 1.80. The summed E-state index contributed by atoms with van der Waals surface area (Å²) < 4.78 is 0. The van der Waals surface area contributed by atoms with Crippen molar-refractivity contribution in [3.63, 3.8) is 0 Å². The molecule has 0 fully saturated rings. The van der Waals surface area contributed by atoms with E-state index in [0.717, 1.165) is 0 Å². The van der Waals surface area contributed by atoms with E-state index in [1.807, 2.05) is 12.1 Å². The fourth-order valence-corrected chi connectivity index (χ4v) is 9.08. The molecule has 4 aromatic carbocycles. The summed E-state index contributed by atoms with van der Waals surface area (Å²) in [6.07, 6.45) is 0. The number of benzene rings is 4. The van der Waals surface area contributed by atoms with Crippen molar-refractivity contribution >= 4 is 68.4 Å². The Morgan fingerprint density at radius 2 is 0.857 bits per heavy atom. The first-order valence-electron chi connectivity index (χ1n) is 9.43. The van der Waals surface area contributed by atoms with Gasteiger partial charge >= 0.3 is 0 Å². The lowest BCUT2D eigenvalue weighted by Crippen LogP contribution is -2.51. The summed E-state index contributed by atoms with van der Waals surface area (Å²) in [5.74, 6) is 0. The van der Waals surface area contributed by atoms with Crippen LogP contribution in [0.25, 0.3) is 10.8 Å². The van der Waals surface area contributed by atoms with Gasteiger partial charge in [-0.25, -0.2) is 0 Å². The van der Waals surface area contributed by atoms with Crippen LogP contribution in [0.3, 0.4) is 0 Å². The first-order chi connectivity index (χ1) is 13.4. The first-order valence-corrected chi connectivity index (χ1v) is 16.4. The van der Waals surface area contributed by atoms with Gasteiger partial charge < -0.3 is 0 Å². The zero-order valence-corrected chi connectivity index (χ0v) is 19.5. The number of hydrogen-bond donors (Lipinski definition) is 0. The van der Waals surface area contributed by atoms with Crippen LogP contribution >= 0.6 is 22.2 Å². The van der Waals surface area contributed by atoms with Crippen LogP contribution in [-0.2, 0) is 0 Å². The third-order valence-corrected chi connectivity index (χ3v) is 13.8. The van der Waals surface area contributed by atoms with Gasteiger partial charge in [-0.3, -0.25) is 0 Å². The first kappa shape index (κ1) is 19.5. The molecule has 0 saturated carbocycles. The molecule has 28 heavy (non-hydrogen) atoms. The van der Waals surface area contributed by atoms with Gasteiger partial charge in [0.2, 0.25) is 14.8 Å². The summed E-state index contributed by atoms with van der Waals surface area (Å²) in [6, 6.07) is 34.1. The molecule has 0 aliphatic rings. The molecule has 0 aromatic heterocycles. The fraction of sp³-hybridized carbons (Fsp3) is 0.0833. The second-order valence-electron chi connectivity index (χ2n) is 7.51. The molecular formula is C24H22Cl2Si2. The molecule has 4 aromatic rings. The van der Waals surface area contributed by atoms with Crippen LogP contribution in [-0.4, -0.2) is 14.8 Å². The highest BCUT2D eigenvalue weighted by Gasteiger charge is 2.31. The third-order valence-electron chi connectivity index (χ3n) is 5.56. The molecule has 0 saturated heterocycles. The fourth-order valence-electron chi connectivity index (χ4n) is 3.67. The lowest BCUT2D eigenvalue weighted by atomic mass is 10.1. The standard InChI is InChI=1S/C24H22Cl2Si2/c1-27(25,21-9-5-3-6-10-21)23-15-13-19-14-16-24(18-20(19)17-23)28(2,26)22-11-7-4-8-12-22/h3-18H,1-2H3. The van der Waals surface area contributed by atoms with Crippen LogP contribution in [0.4, 0.5) is 0 Å². The molecule has 0 spiro atoms. The smallest absolute Gasteiger partial charge is 0.155 e. The SMILES string of the molecule is C[Si](Cl)(c1ccccc1)c1ccc2ccc([Si](C)(Cl)c3ccccc3)cc2c1. The van der Waals surface area contributed by atoms with Gasteiger partial charge in [0, 0.05) is 0 Å². The Labute approximate surface area is 178 Å². The number of hydrogen-bond acceptors (Lipinski definition) is 0. The highest BCUT2D eigenvalue weighted by molar-refractivity contribution is 7.34. The van der Waals surface area contributed by atoms with E-state index in [1.165, 1.54) is 31.5 Å². The van der Waals surface area contributed by atoms with Crippen molar-refractivity contribution in [1.82, 2.24) is 0 Å².